The summed E-state index contributed by atoms with van der Waals surface area (Å²) in [5.74, 6) is 0.124. The molecule has 30 heavy (non-hydrogen) atoms. The number of nitrogens with zero attached hydrogens (tertiary/aromatic N) is 1. The van der Waals surface area contributed by atoms with Crippen molar-refractivity contribution in [1.29, 1.82) is 5.26 Å². The zero-order valence-electron chi connectivity index (χ0n) is 16.8. The molecule has 0 atom stereocenters. The zero-order valence-corrected chi connectivity index (χ0v) is 17.5. The van der Waals surface area contributed by atoms with Gasteiger partial charge in [-0.15, -0.1) is 0 Å². The lowest BCUT2D eigenvalue weighted by atomic mass is 10.1. The Morgan fingerprint density at radius 1 is 1.07 bits per heavy atom. The first-order chi connectivity index (χ1) is 14.5. The molecule has 3 aromatic rings. The van der Waals surface area contributed by atoms with Crippen LogP contribution in [0.3, 0.4) is 0 Å². The maximum absolute atomic E-state index is 12.7. The van der Waals surface area contributed by atoms with E-state index in [0.29, 0.717) is 28.6 Å². The van der Waals surface area contributed by atoms with Crippen molar-refractivity contribution in [2.75, 3.05) is 5.32 Å². The van der Waals surface area contributed by atoms with Crippen LogP contribution in [0.5, 0.6) is 5.75 Å². The summed E-state index contributed by atoms with van der Waals surface area (Å²) in [7, 11) is 0. The quantitative estimate of drug-likeness (QED) is 0.391. The molecule has 4 nitrogen and oxygen atoms in total. The van der Waals surface area contributed by atoms with Crippen molar-refractivity contribution in [3.63, 3.8) is 0 Å². The number of halogens is 1. The highest BCUT2D eigenvalue weighted by molar-refractivity contribution is 6.30. The van der Waals surface area contributed by atoms with Crippen LogP contribution < -0.4 is 10.1 Å². The Morgan fingerprint density at radius 2 is 1.80 bits per heavy atom. The van der Waals surface area contributed by atoms with Crippen LogP contribution in [0.25, 0.3) is 6.08 Å². The number of para-hydroxylation sites is 1. The summed E-state index contributed by atoms with van der Waals surface area (Å²) in [6.07, 6.45) is 1.54. The number of amides is 1. The predicted molar refractivity (Wildman–Crippen MR) is 120 cm³/mol. The van der Waals surface area contributed by atoms with Crippen molar-refractivity contribution in [3.05, 3.63) is 99.6 Å². The van der Waals surface area contributed by atoms with E-state index < -0.39 is 5.91 Å². The molecule has 0 spiro atoms. The van der Waals surface area contributed by atoms with Crippen LogP contribution in [-0.4, -0.2) is 5.91 Å². The minimum Gasteiger partial charge on any atom is -0.488 e. The summed E-state index contributed by atoms with van der Waals surface area (Å²) in [5.41, 5.74) is 4.34. The minimum absolute atomic E-state index is 0.00144. The van der Waals surface area contributed by atoms with E-state index in [4.69, 9.17) is 16.3 Å². The number of anilines is 1. The van der Waals surface area contributed by atoms with Gasteiger partial charge in [-0.05, 0) is 60.9 Å². The lowest BCUT2D eigenvalue weighted by molar-refractivity contribution is -0.112. The van der Waals surface area contributed by atoms with E-state index in [1.165, 1.54) is 6.08 Å². The molecule has 1 N–H and O–H groups in total. The van der Waals surface area contributed by atoms with E-state index in [1.807, 2.05) is 62.4 Å². The molecule has 0 heterocycles. The molecule has 0 unspecified atom stereocenters. The number of hydrogen-bond acceptors (Lipinski definition) is 3. The monoisotopic (exact) mass is 416 g/mol. The summed E-state index contributed by atoms with van der Waals surface area (Å²) in [5, 5.41) is 13.0. The van der Waals surface area contributed by atoms with Crippen LogP contribution in [0.1, 0.15) is 22.3 Å². The zero-order chi connectivity index (χ0) is 21.5. The van der Waals surface area contributed by atoms with Gasteiger partial charge in [-0.1, -0.05) is 54.1 Å². The molecule has 5 heteroatoms. The fourth-order valence-corrected chi connectivity index (χ4v) is 2.98. The second-order valence-electron chi connectivity index (χ2n) is 6.82. The highest BCUT2D eigenvalue weighted by atomic mass is 35.5. The van der Waals surface area contributed by atoms with Gasteiger partial charge in [0.1, 0.15) is 24.0 Å². The molecular weight excluding hydrogens is 396 g/mol. The summed E-state index contributed by atoms with van der Waals surface area (Å²) < 4.78 is 5.91. The van der Waals surface area contributed by atoms with E-state index in [2.05, 4.69) is 5.32 Å². The van der Waals surface area contributed by atoms with Crippen molar-refractivity contribution in [1.82, 2.24) is 0 Å². The van der Waals surface area contributed by atoms with Crippen LogP contribution in [0.15, 0.2) is 72.3 Å². The van der Waals surface area contributed by atoms with Crippen LogP contribution in [0.2, 0.25) is 5.02 Å². The van der Waals surface area contributed by atoms with Gasteiger partial charge in [0.05, 0.1) is 0 Å². The number of nitrogens with one attached hydrogen (secondary N) is 1. The molecule has 3 aromatic carbocycles. The molecule has 0 radical (unpaired) electrons. The van der Waals surface area contributed by atoms with Gasteiger partial charge in [0.15, 0.2) is 0 Å². The SMILES string of the molecule is Cc1cccc(NC(=O)/C(C#N)=C/c2ccccc2OCc2ccc(Cl)cc2)c1C. The molecular formula is C25H21ClN2O2. The van der Waals surface area contributed by atoms with Crippen LogP contribution >= 0.6 is 11.6 Å². The normalized spacial score (nSPS) is 10.9. The molecule has 1 amide bonds. The van der Waals surface area contributed by atoms with Gasteiger partial charge in [-0.2, -0.15) is 5.26 Å². The van der Waals surface area contributed by atoms with Crippen LogP contribution in [-0.2, 0) is 11.4 Å². The molecule has 150 valence electrons. The average molecular weight is 417 g/mol. The fourth-order valence-electron chi connectivity index (χ4n) is 2.85. The largest absolute Gasteiger partial charge is 0.488 e. The van der Waals surface area contributed by atoms with Gasteiger partial charge >= 0.3 is 0 Å². The van der Waals surface area contributed by atoms with Crippen molar-refractivity contribution in [2.24, 2.45) is 0 Å². The summed E-state index contributed by atoms with van der Waals surface area (Å²) in [6.45, 7) is 4.25. The van der Waals surface area contributed by atoms with Gasteiger partial charge in [0.25, 0.3) is 5.91 Å². The Labute approximate surface area is 181 Å². The van der Waals surface area contributed by atoms with Crippen molar-refractivity contribution < 1.29 is 9.53 Å². The highest BCUT2D eigenvalue weighted by Crippen LogP contribution is 2.24. The first-order valence-corrected chi connectivity index (χ1v) is 9.81. The molecule has 0 aliphatic heterocycles. The number of rotatable bonds is 6. The maximum atomic E-state index is 12.7. The molecule has 0 saturated heterocycles. The van der Waals surface area contributed by atoms with Gasteiger partial charge in [-0.25, -0.2) is 0 Å². The second kappa shape index (κ2) is 9.78. The third kappa shape index (κ3) is 5.28. The van der Waals surface area contributed by atoms with E-state index >= 15 is 0 Å². The lowest BCUT2D eigenvalue weighted by Crippen LogP contribution is -2.14. The van der Waals surface area contributed by atoms with Crippen LogP contribution in [0, 0.1) is 25.2 Å². The molecule has 0 saturated carbocycles. The molecule has 0 fully saturated rings. The molecule has 0 aliphatic rings. The minimum atomic E-state index is -0.460. The number of benzene rings is 3. The summed E-state index contributed by atoms with van der Waals surface area (Å²) in [4.78, 5) is 12.7. The standard InChI is InChI=1S/C25H21ClN2O2/c1-17-6-5-8-23(18(17)2)28-25(29)21(15-27)14-20-7-3-4-9-24(20)30-16-19-10-12-22(26)13-11-19/h3-14H,16H2,1-2H3,(H,28,29)/b21-14+. The summed E-state index contributed by atoms with van der Waals surface area (Å²) in [6, 6.07) is 22.3. The number of aryl methyl sites for hydroxylation is 1. The lowest BCUT2D eigenvalue weighted by Gasteiger charge is -2.11. The Kier molecular flexibility index (Phi) is 6.90. The van der Waals surface area contributed by atoms with E-state index in [-0.39, 0.29) is 5.57 Å². The Bertz CT molecular complexity index is 1130. The molecule has 0 aromatic heterocycles. The summed E-state index contributed by atoms with van der Waals surface area (Å²) >= 11 is 5.92. The number of nitriles is 1. The van der Waals surface area contributed by atoms with Crippen molar-refractivity contribution >= 4 is 29.3 Å². The smallest absolute Gasteiger partial charge is 0.266 e. The average Bonchev–Trinajstić information content (AvgIpc) is 2.75. The van der Waals surface area contributed by atoms with Gasteiger partial charge in [-0.3, -0.25) is 4.79 Å². The molecule has 0 bridgehead atoms. The molecule has 0 aliphatic carbocycles. The number of carbonyl (C=O) groups excluding carboxylic acids is 1. The number of ether oxygens (including phenoxy) is 1. The topological polar surface area (TPSA) is 62.1 Å². The van der Waals surface area contributed by atoms with Crippen molar-refractivity contribution in [2.45, 2.75) is 20.5 Å². The first-order valence-electron chi connectivity index (χ1n) is 9.43. The van der Waals surface area contributed by atoms with Crippen LogP contribution in [0.4, 0.5) is 5.69 Å². The fraction of sp³-hybridized carbons (Fsp3) is 0.120. The number of carbonyl (C=O) groups is 1. The van der Waals surface area contributed by atoms with E-state index in [0.717, 1.165) is 16.7 Å². The Morgan fingerprint density at radius 3 is 2.53 bits per heavy atom. The first kappa shape index (κ1) is 21.2. The second-order valence-corrected chi connectivity index (χ2v) is 7.26. The van der Waals surface area contributed by atoms with Gasteiger partial charge < -0.3 is 10.1 Å². The van der Waals surface area contributed by atoms with E-state index in [1.54, 1.807) is 24.3 Å². The Balaban J connectivity index is 1.80. The highest BCUT2D eigenvalue weighted by Gasteiger charge is 2.13. The van der Waals surface area contributed by atoms with Crippen molar-refractivity contribution in [3.8, 4) is 11.8 Å². The third-order valence-corrected chi connectivity index (χ3v) is 5.00. The predicted octanol–water partition coefficient (Wildman–Crippen LogP) is 6.08. The number of hydrogen-bond donors (Lipinski definition) is 1. The van der Waals surface area contributed by atoms with Gasteiger partial charge in [0.2, 0.25) is 0 Å². The third-order valence-electron chi connectivity index (χ3n) is 4.74. The Hall–Kier alpha value is -3.55. The maximum Gasteiger partial charge on any atom is 0.266 e. The molecule has 3 rings (SSSR count). The van der Waals surface area contributed by atoms with Gasteiger partial charge in [0, 0.05) is 16.3 Å². The van der Waals surface area contributed by atoms with E-state index in [9.17, 15) is 10.1 Å².